The number of carbonyl (C=O) groups is 1. The van der Waals surface area contributed by atoms with Crippen molar-refractivity contribution in [3.63, 3.8) is 0 Å². The number of benzene rings is 2. The highest BCUT2D eigenvalue weighted by atomic mass is 16.7. The number of hydrogen-bond donors (Lipinski definition) is 8. The Labute approximate surface area is 253 Å². The molecule has 2 fully saturated rings. The Morgan fingerprint density at radius 2 is 1.51 bits per heavy atom. The molecular weight excluding hydrogens is 604 g/mol. The lowest BCUT2D eigenvalue weighted by atomic mass is 9.97. The van der Waals surface area contributed by atoms with E-state index in [-0.39, 0.29) is 28.0 Å². The fourth-order valence-corrected chi connectivity index (χ4v) is 5.11. The number of aromatic hydroxyl groups is 3. The van der Waals surface area contributed by atoms with Crippen LogP contribution in [-0.4, -0.2) is 115 Å². The molecule has 244 valence electrons. The maximum atomic E-state index is 13.6. The third kappa shape index (κ3) is 6.40. The molecule has 2 aliphatic rings. The summed E-state index contributed by atoms with van der Waals surface area (Å²) in [6.07, 6.45) is -16.2. The van der Waals surface area contributed by atoms with Crippen LogP contribution in [0.1, 0.15) is 13.8 Å². The summed E-state index contributed by atoms with van der Waals surface area (Å²) in [5.41, 5.74) is -0.902. The van der Waals surface area contributed by atoms with E-state index in [0.29, 0.717) is 0 Å². The van der Waals surface area contributed by atoms with Crippen molar-refractivity contribution in [1.29, 1.82) is 0 Å². The maximum absolute atomic E-state index is 13.6. The lowest BCUT2D eigenvalue weighted by Gasteiger charge is -2.45. The summed E-state index contributed by atoms with van der Waals surface area (Å²) in [5, 5.41) is 82.6. The van der Waals surface area contributed by atoms with E-state index in [4.69, 9.17) is 28.1 Å². The molecule has 0 spiro atoms. The number of fused-ring (bicyclic) bond motifs is 1. The molecule has 3 heterocycles. The van der Waals surface area contributed by atoms with Crippen molar-refractivity contribution in [2.24, 2.45) is 0 Å². The molecule has 2 aromatic carbocycles. The van der Waals surface area contributed by atoms with Crippen LogP contribution in [0.25, 0.3) is 22.3 Å². The van der Waals surface area contributed by atoms with Crippen molar-refractivity contribution in [2.75, 3.05) is 6.61 Å². The standard InChI is InChI=1S/C29H32O16/c1-10-25(44-29-23(38)21(36)19(34)17(43-29)9-40-11(2)30)22(37)24(39)28(41-10)45-27-20(35)18-15(33)7-14(32)8-16(18)42-26(27)12-3-5-13(31)6-4-12/h3-8,10,17,19,21-25,28-29,31-34,36-39H,9H2,1-2H3/t10-,17+,19+,21-,22-,23+,24+,25-,28+,29-/m0/s1. The van der Waals surface area contributed by atoms with Crippen LogP contribution in [0.4, 0.5) is 0 Å². The summed E-state index contributed by atoms with van der Waals surface area (Å²) in [5.74, 6) is -2.58. The highest BCUT2D eigenvalue weighted by Crippen LogP contribution is 2.38. The number of aliphatic hydroxyl groups excluding tert-OH is 5. The second-order valence-corrected chi connectivity index (χ2v) is 10.7. The Bertz CT molecular complexity index is 1590. The maximum Gasteiger partial charge on any atom is 0.302 e. The first kappa shape index (κ1) is 32.4. The minimum atomic E-state index is -1.91. The van der Waals surface area contributed by atoms with Gasteiger partial charge in [0.2, 0.25) is 17.5 Å². The van der Waals surface area contributed by atoms with E-state index in [2.05, 4.69) is 0 Å². The van der Waals surface area contributed by atoms with Gasteiger partial charge in [0.25, 0.3) is 0 Å². The fourth-order valence-electron chi connectivity index (χ4n) is 5.11. The predicted octanol–water partition coefficient (Wildman–Crippen LogP) is -0.822. The smallest absolute Gasteiger partial charge is 0.302 e. The summed E-state index contributed by atoms with van der Waals surface area (Å²) in [6, 6.07) is 7.40. The van der Waals surface area contributed by atoms with E-state index in [9.17, 15) is 50.4 Å². The van der Waals surface area contributed by atoms with Gasteiger partial charge in [0.05, 0.1) is 6.10 Å². The first-order valence-electron chi connectivity index (χ1n) is 13.8. The van der Waals surface area contributed by atoms with Gasteiger partial charge in [-0.1, -0.05) is 0 Å². The number of ether oxygens (including phenoxy) is 5. The lowest BCUT2D eigenvalue weighted by molar-refractivity contribution is -0.349. The average Bonchev–Trinajstić information content (AvgIpc) is 2.98. The summed E-state index contributed by atoms with van der Waals surface area (Å²) in [7, 11) is 0. The van der Waals surface area contributed by atoms with Crippen LogP contribution in [0.2, 0.25) is 0 Å². The normalized spacial score (nSPS) is 31.9. The van der Waals surface area contributed by atoms with Crippen molar-refractivity contribution in [3.8, 4) is 34.3 Å². The fraction of sp³-hybridized carbons (Fsp3) is 0.448. The number of rotatable bonds is 7. The zero-order valence-electron chi connectivity index (χ0n) is 23.8. The summed E-state index contributed by atoms with van der Waals surface area (Å²) < 4.78 is 33.3. The van der Waals surface area contributed by atoms with Gasteiger partial charge in [-0.15, -0.1) is 0 Å². The minimum absolute atomic E-state index is 0.0968. The van der Waals surface area contributed by atoms with Crippen LogP contribution in [-0.2, 0) is 23.7 Å². The Morgan fingerprint density at radius 3 is 2.18 bits per heavy atom. The molecule has 0 unspecified atom stereocenters. The van der Waals surface area contributed by atoms with Crippen LogP contribution in [0, 0.1) is 0 Å². The van der Waals surface area contributed by atoms with Gasteiger partial charge in [-0.2, -0.15) is 0 Å². The van der Waals surface area contributed by atoms with Gasteiger partial charge >= 0.3 is 5.97 Å². The molecule has 0 aliphatic carbocycles. The SMILES string of the molecule is CC(=O)OC[C@H]1O[C@@H](O[C@@H]2[C@@H](O)[C@@H](O)[C@@H](Oc3c(-c4ccc(O)cc4)oc4cc(O)cc(O)c4c3=O)O[C@H]2C)[C@H](O)[C@@H](O)[C@@H]1O. The van der Waals surface area contributed by atoms with Crippen LogP contribution in [0.5, 0.6) is 23.0 Å². The molecule has 8 N–H and O–H groups in total. The van der Waals surface area contributed by atoms with Crippen molar-refractivity contribution in [1.82, 2.24) is 0 Å². The van der Waals surface area contributed by atoms with Crippen LogP contribution >= 0.6 is 0 Å². The molecule has 2 saturated heterocycles. The summed E-state index contributed by atoms with van der Waals surface area (Å²) in [4.78, 5) is 24.8. The Kier molecular flexibility index (Phi) is 9.20. The zero-order chi connectivity index (χ0) is 32.7. The topological polar surface area (TPSA) is 255 Å². The molecular formula is C29H32O16. The summed E-state index contributed by atoms with van der Waals surface area (Å²) >= 11 is 0. The van der Waals surface area contributed by atoms with E-state index >= 15 is 0 Å². The number of carbonyl (C=O) groups excluding carboxylic acids is 1. The molecule has 0 saturated carbocycles. The molecule has 1 aromatic heterocycles. The first-order valence-corrected chi connectivity index (χ1v) is 13.8. The quantitative estimate of drug-likeness (QED) is 0.147. The van der Waals surface area contributed by atoms with Gasteiger partial charge in [-0.3, -0.25) is 9.59 Å². The molecule has 3 aromatic rings. The number of phenols is 3. The van der Waals surface area contributed by atoms with Crippen LogP contribution < -0.4 is 10.2 Å². The Morgan fingerprint density at radius 1 is 0.844 bits per heavy atom. The van der Waals surface area contributed by atoms with E-state index in [1.165, 1.54) is 31.2 Å². The zero-order valence-corrected chi connectivity index (χ0v) is 23.8. The molecule has 0 radical (unpaired) electrons. The first-order chi connectivity index (χ1) is 21.3. The van der Waals surface area contributed by atoms with Gasteiger partial charge in [-0.25, -0.2) is 0 Å². The highest BCUT2D eigenvalue weighted by Gasteiger charge is 2.50. The van der Waals surface area contributed by atoms with Crippen molar-refractivity contribution < 1.29 is 73.7 Å². The third-order valence-electron chi connectivity index (χ3n) is 7.47. The second kappa shape index (κ2) is 12.8. The number of phenolic OH excluding ortho intramolecular Hbond substituents is 3. The largest absolute Gasteiger partial charge is 0.508 e. The van der Waals surface area contributed by atoms with Crippen LogP contribution in [0.3, 0.4) is 0 Å². The van der Waals surface area contributed by atoms with Crippen molar-refractivity contribution in [2.45, 2.75) is 75.3 Å². The van der Waals surface area contributed by atoms with Crippen molar-refractivity contribution in [3.05, 3.63) is 46.6 Å². The van der Waals surface area contributed by atoms with Gasteiger partial charge in [0.1, 0.15) is 77.6 Å². The highest BCUT2D eigenvalue weighted by molar-refractivity contribution is 5.88. The monoisotopic (exact) mass is 636 g/mol. The average molecular weight is 637 g/mol. The lowest BCUT2D eigenvalue weighted by Crippen LogP contribution is -2.64. The van der Waals surface area contributed by atoms with Gasteiger partial charge in [0, 0.05) is 24.6 Å². The predicted molar refractivity (Wildman–Crippen MR) is 148 cm³/mol. The molecule has 2 aliphatic heterocycles. The molecule has 0 amide bonds. The van der Waals surface area contributed by atoms with E-state index in [0.717, 1.165) is 19.1 Å². The van der Waals surface area contributed by atoms with Crippen LogP contribution in [0.15, 0.2) is 45.6 Å². The minimum Gasteiger partial charge on any atom is -0.508 e. The molecule has 16 nitrogen and oxygen atoms in total. The van der Waals surface area contributed by atoms with Gasteiger partial charge < -0.3 is 69.0 Å². The molecule has 16 heteroatoms. The molecule has 0 bridgehead atoms. The number of aliphatic hydroxyl groups is 5. The second-order valence-electron chi connectivity index (χ2n) is 10.7. The molecule has 5 rings (SSSR count). The van der Waals surface area contributed by atoms with Crippen molar-refractivity contribution >= 4 is 16.9 Å². The Hall–Kier alpha value is -4.00. The number of esters is 1. The Balaban J connectivity index is 1.41. The number of hydrogen-bond acceptors (Lipinski definition) is 16. The van der Waals surface area contributed by atoms with E-state index in [1.807, 2.05) is 0 Å². The van der Waals surface area contributed by atoms with E-state index in [1.54, 1.807) is 0 Å². The molecule has 10 atom stereocenters. The van der Waals surface area contributed by atoms with E-state index < -0.39 is 96.7 Å². The van der Waals surface area contributed by atoms with Gasteiger partial charge in [0.15, 0.2) is 12.1 Å². The third-order valence-corrected chi connectivity index (χ3v) is 7.47. The summed E-state index contributed by atoms with van der Waals surface area (Å²) in [6.45, 7) is 2.05. The van der Waals surface area contributed by atoms with Gasteiger partial charge in [-0.05, 0) is 31.2 Å². The molecule has 45 heavy (non-hydrogen) atoms.